The van der Waals surface area contributed by atoms with Crippen LogP contribution in [0.5, 0.6) is 0 Å². The van der Waals surface area contributed by atoms with Crippen LogP contribution in [0.25, 0.3) is 22.2 Å². The summed E-state index contributed by atoms with van der Waals surface area (Å²) in [4.78, 5) is 22.7. The maximum absolute atomic E-state index is 13.5. The maximum Gasteiger partial charge on any atom is 0.254 e. The van der Waals surface area contributed by atoms with Crippen LogP contribution in [-0.4, -0.2) is 63.2 Å². The molecule has 1 saturated heterocycles. The Morgan fingerprint density at radius 1 is 1.18 bits per heavy atom. The van der Waals surface area contributed by atoms with Crippen molar-refractivity contribution in [2.75, 3.05) is 26.7 Å². The van der Waals surface area contributed by atoms with Crippen LogP contribution < -0.4 is 0 Å². The summed E-state index contributed by atoms with van der Waals surface area (Å²) in [5.74, 6) is 0.0840. The van der Waals surface area contributed by atoms with Gasteiger partial charge in [0.15, 0.2) is 0 Å². The quantitative estimate of drug-likeness (QED) is 0.689. The summed E-state index contributed by atoms with van der Waals surface area (Å²) in [5.41, 5.74) is 5.63. The number of piperazine rings is 1. The molecule has 0 aliphatic carbocycles. The van der Waals surface area contributed by atoms with E-state index in [-0.39, 0.29) is 5.91 Å². The first-order valence-corrected chi connectivity index (χ1v) is 9.74. The van der Waals surface area contributed by atoms with E-state index in [1.165, 1.54) is 5.56 Å². The van der Waals surface area contributed by atoms with Gasteiger partial charge in [0.2, 0.25) is 0 Å². The summed E-state index contributed by atoms with van der Waals surface area (Å²) in [7, 11) is 4.00. The smallest absolute Gasteiger partial charge is 0.254 e. The Balaban J connectivity index is 1.86. The number of hydrogen-bond acceptors (Lipinski definition) is 4. The lowest BCUT2D eigenvalue weighted by Crippen LogP contribution is -2.52. The lowest BCUT2D eigenvalue weighted by Gasteiger charge is -2.37. The number of benzene rings is 1. The number of aromatic nitrogens is 3. The first-order chi connectivity index (χ1) is 13.3. The van der Waals surface area contributed by atoms with E-state index in [0.717, 1.165) is 52.9 Å². The second kappa shape index (κ2) is 7.02. The molecule has 146 valence electrons. The highest BCUT2D eigenvalue weighted by Gasteiger charge is 2.27. The summed E-state index contributed by atoms with van der Waals surface area (Å²) in [5, 5.41) is 5.19. The minimum absolute atomic E-state index is 0.0840. The summed E-state index contributed by atoms with van der Waals surface area (Å²) < 4.78 is 1.76. The fourth-order valence-corrected chi connectivity index (χ4v) is 3.81. The van der Waals surface area contributed by atoms with Gasteiger partial charge in [-0.3, -0.25) is 9.48 Å². The van der Waals surface area contributed by atoms with Crippen molar-refractivity contribution in [1.82, 2.24) is 24.6 Å². The molecular weight excluding hydrogens is 350 g/mol. The second-order valence-corrected chi connectivity index (χ2v) is 7.94. The molecule has 1 amide bonds. The predicted octanol–water partition coefficient (Wildman–Crippen LogP) is 3.03. The second-order valence-electron chi connectivity index (χ2n) is 7.94. The van der Waals surface area contributed by atoms with Gasteiger partial charge in [0, 0.05) is 49.9 Å². The van der Waals surface area contributed by atoms with E-state index in [9.17, 15) is 4.79 Å². The third-order valence-corrected chi connectivity index (χ3v) is 5.98. The third kappa shape index (κ3) is 3.18. The minimum atomic E-state index is 0.0840. The Morgan fingerprint density at radius 3 is 2.64 bits per heavy atom. The van der Waals surface area contributed by atoms with Gasteiger partial charge in [-0.1, -0.05) is 12.1 Å². The first kappa shape index (κ1) is 18.6. The maximum atomic E-state index is 13.5. The van der Waals surface area contributed by atoms with Crippen molar-refractivity contribution in [2.24, 2.45) is 7.05 Å². The highest BCUT2D eigenvalue weighted by molar-refractivity contribution is 6.08. The Hall–Kier alpha value is -2.73. The molecule has 0 saturated carbocycles. The van der Waals surface area contributed by atoms with Crippen molar-refractivity contribution in [2.45, 2.75) is 26.8 Å². The Kier molecular flexibility index (Phi) is 4.67. The molecule has 1 unspecified atom stereocenters. The predicted molar refractivity (Wildman–Crippen MR) is 111 cm³/mol. The van der Waals surface area contributed by atoms with E-state index in [2.05, 4.69) is 43.9 Å². The van der Waals surface area contributed by atoms with Crippen LogP contribution in [0, 0.1) is 13.8 Å². The number of hydrogen-bond donors (Lipinski definition) is 0. The zero-order valence-corrected chi connectivity index (χ0v) is 17.2. The zero-order chi connectivity index (χ0) is 20.0. The molecule has 6 heteroatoms. The van der Waals surface area contributed by atoms with Gasteiger partial charge < -0.3 is 9.80 Å². The summed E-state index contributed by atoms with van der Waals surface area (Å²) in [6, 6.07) is 6.39. The van der Waals surface area contributed by atoms with Crippen molar-refractivity contribution in [1.29, 1.82) is 0 Å². The lowest BCUT2D eigenvalue weighted by atomic mass is 9.99. The Morgan fingerprint density at radius 2 is 1.96 bits per heavy atom. The van der Waals surface area contributed by atoms with Gasteiger partial charge in [0.25, 0.3) is 5.91 Å². The average Bonchev–Trinajstić information content (AvgIpc) is 3.12. The van der Waals surface area contributed by atoms with Crippen LogP contribution in [0.3, 0.4) is 0 Å². The molecule has 1 aromatic carbocycles. The topological polar surface area (TPSA) is 54.3 Å². The molecule has 4 rings (SSSR count). The Bertz CT molecular complexity index is 1050. The van der Waals surface area contributed by atoms with Crippen molar-refractivity contribution in [3.63, 3.8) is 0 Å². The molecular formula is C22H27N5O. The minimum Gasteiger partial charge on any atom is -0.336 e. The number of nitrogens with zero attached hydrogens (tertiary/aromatic N) is 5. The number of carbonyl (C=O) groups excluding carboxylic acids is 1. The average molecular weight is 377 g/mol. The fraction of sp³-hybridized carbons (Fsp3) is 0.409. The molecule has 2 aromatic heterocycles. The molecule has 6 nitrogen and oxygen atoms in total. The lowest BCUT2D eigenvalue weighted by molar-refractivity contribution is 0.0574. The monoisotopic (exact) mass is 377 g/mol. The number of aryl methyl sites for hydroxylation is 3. The van der Waals surface area contributed by atoms with Gasteiger partial charge in [0.1, 0.15) is 0 Å². The van der Waals surface area contributed by atoms with Gasteiger partial charge in [-0.2, -0.15) is 5.10 Å². The number of carbonyl (C=O) groups is 1. The van der Waals surface area contributed by atoms with Crippen molar-refractivity contribution in [3.8, 4) is 11.3 Å². The van der Waals surface area contributed by atoms with E-state index in [1.54, 1.807) is 10.9 Å². The summed E-state index contributed by atoms with van der Waals surface area (Å²) in [6.45, 7) is 8.70. The normalized spacial score (nSPS) is 18.0. The van der Waals surface area contributed by atoms with Crippen LogP contribution in [0.1, 0.15) is 28.4 Å². The fourth-order valence-electron chi connectivity index (χ4n) is 3.81. The van der Waals surface area contributed by atoms with Crippen LogP contribution in [0.2, 0.25) is 0 Å². The largest absolute Gasteiger partial charge is 0.336 e. The van der Waals surface area contributed by atoms with E-state index in [0.29, 0.717) is 6.04 Å². The molecule has 1 atom stereocenters. The molecule has 1 aliphatic heterocycles. The summed E-state index contributed by atoms with van der Waals surface area (Å²) in [6.07, 6.45) is 3.73. The van der Waals surface area contributed by atoms with E-state index >= 15 is 0 Å². The highest BCUT2D eigenvalue weighted by Crippen LogP contribution is 2.29. The van der Waals surface area contributed by atoms with E-state index in [4.69, 9.17) is 4.98 Å². The van der Waals surface area contributed by atoms with Crippen LogP contribution in [-0.2, 0) is 7.05 Å². The molecule has 28 heavy (non-hydrogen) atoms. The van der Waals surface area contributed by atoms with Gasteiger partial charge in [-0.25, -0.2) is 4.98 Å². The molecule has 0 bridgehead atoms. The molecule has 0 N–H and O–H groups in total. The van der Waals surface area contributed by atoms with Crippen LogP contribution >= 0.6 is 0 Å². The van der Waals surface area contributed by atoms with Crippen molar-refractivity contribution in [3.05, 3.63) is 47.3 Å². The van der Waals surface area contributed by atoms with Crippen LogP contribution in [0.15, 0.2) is 30.6 Å². The SMILES string of the molecule is Cc1ccc2c(C(=O)N3CCN(C)C(C)C3)cc(-c3cnn(C)c3)nc2c1C. The van der Waals surface area contributed by atoms with Gasteiger partial charge >= 0.3 is 0 Å². The summed E-state index contributed by atoms with van der Waals surface area (Å²) >= 11 is 0. The third-order valence-electron chi connectivity index (χ3n) is 5.98. The Labute approximate surface area is 165 Å². The molecule has 1 aliphatic rings. The number of pyridine rings is 1. The van der Waals surface area contributed by atoms with Gasteiger partial charge in [-0.15, -0.1) is 0 Å². The molecule has 1 fully saturated rings. The van der Waals surface area contributed by atoms with Crippen molar-refractivity contribution >= 4 is 16.8 Å². The first-order valence-electron chi connectivity index (χ1n) is 9.74. The molecule has 0 radical (unpaired) electrons. The molecule has 0 spiro atoms. The van der Waals surface area contributed by atoms with E-state index in [1.807, 2.05) is 30.3 Å². The number of fused-ring (bicyclic) bond motifs is 1. The zero-order valence-electron chi connectivity index (χ0n) is 17.2. The number of amides is 1. The highest BCUT2D eigenvalue weighted by atomic mass is 16.2. The molecule has 3 aromatic rings. The van der Waals surface area contributed by atoms with Gasteiger partial charge in [0.05, 0.1) is 23.0 Å². The number of rotatable bonds is 2. The standard InChI is InChI=1S/C22H27N5O/c1-14-6-7-18-19(22(28)27-9-8-25(4)15(2)12-27)10-20(24-21(18)16(14)3)17-11-23-26(5)13-17/h6-7,10-11,13,15H,8-9,12H2,1-5H3. The van der Waals surface area contributed by atoms with Gasteiger partial charge in [-0.05, 0) is 45.0 Å². The van der Waals surface area contributed by atoms with E-state index < -0.39 is 0 Å². The van der Waals surface area contributed by atoms with Crippen molar-refractivity contribution < 1.29 is 4.79 Å². The number of likely N-dealkylation sites (N-methyl/N-ethyl adjacent to an activating group) is 1. The van der Waals surface area contributed by atoms with Crippen LogP contribution in [0.4, 0.5) is 0 Å². The molecule has 3 heterocycles.